The van der Waals surface area contributed by atoms with Gasteiger partial charge in [-0.25, -0.2) is 4.79 Å². The smallest absolute Gasteiger partial charge is 0.370 e. The van der Waals surface area contributed by atoms with Gasteiger partial charge in [0.1, 0.15) is 18.3 Å². The number of amides is 1. The van der Waals surface area contributed by atoms with Crippen LogP contribution in [0.15, 0.2) is 24.5 Å². The second-order valence-electron chi connectivity index (χ2n) is 5.93. The summed E-state index contributed by atoms with van der Waals surface area (Å²) < 4.78 is 10.7. The van der Waals surface area contributed by atoms with E-state index in [9.17, 15) is 24.9 Å². The Morgan fingerprint density at radius 3 is 2.56 bits per heavy atom. The zero-order valence-electron chi connectivity index (χ0n) is 14.2. The number of nitrogens with one attached hydrogen (secondary N) is 1. The molecule has 1 aliphatic heterocycles. The zero-order valence-corrected chi connectivity index (χ0v) is 14.2. The van der Waals surface area contributed by atoms with Gasteiger partial charge >= 0.3 is 5.97 Å². The van der Waals surface area contributed by atoms with Crippen LogP contribution in [0, 0.1) is 5.92 Å². The lowest BCUT2D eigenvalue weighted by Gasteiger charge is -2.40. The van der Waals surface area contributed by atoms with E-state index in [1.54, 1.807) is 13.8 Å². The van der Waals surface area contributed by atoms with Gasteiger partial charge in [-0.3, -0.25) is 4.79 Å². The van der Waals surface area contributed by atoms with E-state index < -0.39 is 48.8 Å². The Morgan fingerprint density at radius 1 is 1.44 bits per heavy atom. The van der Waals surface area contributed by atoms with Gasteiger partial charge in [-0.15, -0.1) is 6.58 Å². The molecule has 9 heteroatoms. The standard InChI is InChI=1S/C16H25NO8/c1-4-5-24-10-6-11(16(22)23)25-14(13(20)9(19)7-18)12(10)17-15(21)8(2)3/h4,6,8-10,12-14,18-20H,1,5,7H2,2-3H3,(H,17,21)(H,22,23)/t9?,10-,12-,13-,14-/m1/s1. The molecule has 1 rings (SSSR count). The molecule has 0 aliphatic carbocycles. The monoisotopic (exact) mass is 359 g/mol. The van der Waals surface area contributed by atoms with Crippen LogP contribution in [0.4, 0.5) is 0 Å². The van der Waals surface area contributed by atoms with Gasteiger partial charge in [0.25, 0.3) is 0 Å². The third-order valence-corrected chi connectivity index (χ3v) is 3.66. The van der Waals surface area contributed by atoms with E-state index in [0.29, 0.717) is 0 Å². The Hall–Kier alpha value is -1.94. The largest absolute Gasteiger partial charge is 0.478 e. The number of carboxylic acids is 1. The van der Waals surface area contributed by atoms with Crippen molar-refractivity contribution >= 4 is 11.9 Å². The van der Waals surface area contributed by atoms with Crippen molar-refractivity contribution in [2.24, 2.45) is 5.92 Å². The van der Waals surface area contributed by atoms with E-state index in [-0.39, 0.29) is 18.4 Å². The highest BCUT2D eigenvalue weighted by molar-refractivity contribution is 5.85. The fraction of sp³-hybridized carbons (Fsp3) is 0.625. The molecule has 1 heterocycles. The van der Waals surface area contributed by atoms with Crippen LogP contribution in [-0.4, -0.2) is 76.0 Å². The van der Waals surface area contributed by atoms with Crippen LogP contribution in [0.5, 0.6) is 0 Å². The quantitative estimate of drug-likeness (QED) is 0.322. The first-order valence-corrected chi connectivity index (χ1v) is 7.84. The van der Waals surface area contributed by atoms with Crippen LogP contribution < -0.4 is 5.32 Å². The summed E-state index contributed by atoms with van der Waals surface area (Å²) in [5.74, 6) is -2.64. The zero-order chi connectivity index (χ0) is 19.1. The van der Waals surface area contributed by atoms with Gasteiger partial charge < -0.3 is 35.2 Å². The van der Waals surface area contributed by atoms with Crippen molar-refractivity contribution in [1.82, 2.24) is 5.32 Å². The van der Waals surface area contributed by atoms with Gasteiger partial charge in [0.15, 0.2) is 6.10 Å². The molecule has 0 radical (unpaired) electrons. The molecule has 0 aromatic carbocycles. The molecule has 1 unspecified atom stereocenters. The molecule has 9 nitrogen and oxygen atoms in total. The third kappa shape index (κ3) is 5.53. The molecule has 5 atom stereocenters. The van der Waals surface area contributed by atoms with Crippen LogP contribution in [0.3, 0.4) is 0 Å². The average molecular weight is 359 g/mol. The molecule has 0 bridgehead atoms. The predicted octanol–water partition coefficient (Wildman–Crippen LogP) is -1.22. The van der Waals surface area contributed by atoms with Gasteiger partial charge in [-0.2, -0.15) is 0 Å². The van der Waals surface area contributed by atoms with Crippen molar-refractivity contribution in [2.75, 3.05) is 13.2 Å². The molecule has 0 aromatic rings. The Bertz CT molecular complexity index is 518. The second kappa shape index (κ2) is 9.52. The molecule has 0 saturated heterocycles. The van der Waals surface area contributed by atoms with Crippen LogP contribution in [-0.2, 0) is 19.1 Å². The SMILES string of the molecule is C=CCO[C@@H]1C=C(C(=O)O)O[C@@H]([C@H](O)C(O)CO)[C@@H]1NC(=O)C(C)C. The Balaban J connectivity index is 3.21. The summed E-state index contributed by atoms with van der Waals surface area (Å²) >= 11 is 0. The number of aliphatic hydroxyl groups excluding tert-OH is 3. The van der Waals surface area contributed by atoms with E-state index in [1.165, 1.54) is 12.2 Å². The van der Waals surface area contributed by atoms with Gasteiger partial charge in [0.2, 0.25) is 11.7 Å². The van der Waals surface area contributed by atoms with E-state index >= 15 is 0 Å². The maximum absolute atomic E-state index is 12.1. The summed E-state index contributed by atoms with van der Waals surface area (Å²) in [4.78, 5) is 23.3. The highest BCUT2D eigenvalue weighted by atomic mass is 16.5. The lowest BCUT2D eigenvalue weighted by Crippen LogP contribution is -2.61. The summed E-state index contributed by atoms with van der Waals surface area (Å²) in [5, 5.41) is 40.8. The van der Waals surface area contributed by atoms with Gasteiger partial charge in [0.05, 0.1) is 19.3 Å². The van der Waals surface area contributed by atoms with Gasteiger partial charge in [0, 0.05) is 5.92 Å². The minimum Gasteiger partial charge on any atom is -0.478 e. The van der Waals surface area contributed by atoms with Crippen LogP contribution in [0.25, 0.3) is 0 Å². The first-order chi connectivity index (χ1) is 11.7. The Kier molecular flexibility index (Phi) is 8.04. The van der Waals surface area contributed by atoms with Gasteiger partial charge in [-0.1, -0.05) is 19.9 Å². The summed E-state index contributed by atoms with van der Waals surface area (Å²) in [6.45, 7) is 6.12. The molecule has 0 aromatic heterocycles. The minimum absolute atomic E-state index is 0.0630. The second-order valence-corrected chi connectivity index (χ2v) is 5.93. The molecule has 1 aliphatic rings. The van der Waals surface area contributed by atoms with Crippen molar-refractivity contribution in [3.05, 3.63) is 24.5 Å². The topological polar surface area (TPSA) is 146 Å². The van der Waals surface area contributed by atoms with E-state index in [1.807, 2.05) is 0 Å². The fourth-order valence-corrected chi connectivity index (χ4v) is 2.26. The highest BCUT2D eigenvalue weighted by Crippen LogP contribution is 2.25. The first-order valence-electron chi connectivity index (χ1n) is 7.84. The lowest BCUT2D eigenvalue weighted by atomic mass is 9.93. The number of carbonyl (C=O) groups excluding carboxylic acids is 1. The number of hydrogen-bond donors (Lipinski definition) is 5. The molecule has 5 N–H and O–H groups in total. The van der Waals surface area contributed by atoms with Gasteiger partial charge in [-0.05, 0) is 6.08 Å². The third-order valence-electron chi connectivity index (χ3n) is 3.66. The van der Waals surface area contributed by atoms with Crippen molar-refractivity contribution in [2.45, 2.75) is 44.3 Å². The fourth-order valence-electron chi connectivity index (χ4n) is 2.26. The number of carboxylic acid groups (broad SMARTS) is 1. The van der Waals surface area contributed by atoms with Crippen molar-refractivity contribution in [3.63, 3.8) is 0 Å². The minimum atomic E-state index is -1.65. The maximum atomic E-state index is 12.1. The van der Waals surface area contributed by atoms with E-state index in [0.717, 1.165) is 0 Å². The van der Waals surface area contributed by atoms with E-state index in [4.69, 9.17) is 14.6 Å². The van der Waals surface area contributed by atoms with Crippen molar-refractivity contribution in [3.8, 4) is 0 Å². The Labute approximate surface area is 145 Å². The summed E-state index contributed by atoms with van der Waals surface area (Å²) in [6, 6.07) is -0.978. The lowest BCUT2D eigenvalue weighted by molar-refractivity contribution is -0.151. The molecular weight excluding hydrogens is 334 g/mol. The summed E-state index contributed by atoms with van der Waals surface area (Å²) in [5.41, 5.74) is 0. The molecule has 0 fully saturated rings. The average Bonchev–Trinajstić information content (AvgIpc) is 2.58. The number of aliphatic hydroxyl groups is 3. The van der Waals surface area contributed by atoms with Crippen LogP contribution in [0.2, 0.25) is 0 Å². The molecule has 1 amide bonds. The first kappa shape index (κ1) is 21.1. The molecule has 142 valence electrons. The van der Waals surface area contributed by atoms with Crippen LogP contribution in [0.1, 0.15) is 13.8 Å². The van der Waals surface area contributed by atoms with Crippen molar-refractivity contribution in [1.29, 1.82) is 0 Å². The molecular formula is C16H25NO8. The highest BCUT2D eigenvalue weighted by Gasteiger charge is 2.44. The number of rotatable bonds is 9. The van der Waals surface area contributed by atoms with Crippen molar-refractivity contribution < 1.29 is 39.5 Å². The predicted molar refractivity (Wildman–Crippen MR) is 86.4 cm³/mol. The molecule has 0 spiro atoms. The maximum Gasteiger partial charge on any atom is 0.370 e. The molecule has 0 saturated carbocycles. The number of ether oxygens (including phenoxy) is 2. The van der Waals surface area contributed by atoms with E-state index in [2.05, 4.69) is 11.9 Å². The normalized spacial score (nSPS) is 25.5. The van der Waals surface area contributed by atoms with Crippen LogP contribution >= 0.6 is 0 Å². The number of aliphatic carboxylic acids is 1. The number of hydrogen-bond acceptors (Lipinski definition) is 7. The summed E-state index contributed by atoms with van der Waals surface area (Å²) in [6.07, 6.45) is -2.90. The number of carbonyl (C=O) groups is 2. The Morgan fingerprint density at radius 2 is 2.08 bits per heavy atom. The molecule has 25 heavy (non-hydrogen) atoms. The summed E-state index contributed by atoms with van der Waals surface area (Å²) in [7, 11) is 0.